The minimum absolute atomic E-state index is 0.455. The highest BCUT2D eigenvalue weighted by Gasteiger charge is 2.22. The number of aryl methyl sites for hydroxylation is 1. The van der Waals surface area contributed by atoms with Crippen LogP contribution in [-0.4, -0.2) is 0 Å². The van der Waals surface area contributed by atoms with Gasteiger partial charge in [0.15, 0.2) is 0 Å². The van der Waals surface area contributed by atoms with E-state index in [0.29, 0.717) is 4.58 Å². The lowest BCUT2D eigenvalue weighted by Crippen LogP contribution is -1.96. The Morgan fingerprint density at radius 1 is 0.750 bits per heavy atom. The van der Waals surface area contributed by atoms with Gasteiger partial charge in [-0.2, -0.15) is 0 Å². The third-order valence-corrected chi connectivity index (χ3v) is 6.38. The van der Waals surface area contributed by atoms with E-state index in [9.17, 15) is 0 Å². The highest BCUT2D eigenvalue weighted by Crippen LogP contribution is 2.55. The smallest absolute Gasteiger partial charge is 0.0846 e. The molecule has 0 bridgehead atoms. The zero-order valence-corrected chi connectivity index (χ0v) is 12.8. The fourth-order valence-corrected chi connectivity index (χ4v) is 5.52. The minimum Gasteiger partial charge on any atom is -0.106 e. The number of hydrogen-bond acceptors (Lipinski definition) is 2. The molecule has 0 unspecified atom stereocenters. The van der Waals surface area contributed by atoms with Gasteiger partial charge in [-0.25, -0.2) is 0 Å². The molecule has 4 rings (SSSR count). The lowest BCUT2D eigenvalue weighted by atomic mass is 10.1. The summed E-state index contributed by atoms with van der Waals surface area (Å²) in [6, 6.07) is 22.2. The van der Waals surface area contributed by atoms with Crippen molar-refractivity contribution in [1.82, 2.24) is 0 Å². The average molecular weight is 294 g/mol. The van der Waals surface area contributed by atoms with Crippen LogP contribution in [0.2, 0.25) is 0 Å². The zero-order chi connectivity index (χ0) is 13.5. The Balaban J connectivity index is 1.81. The number of benzene rings is 3. The van der Waals surface area contributed by atoms with Crippen LogP contribution in [0.25, 0.3) is 10.8 Å². The third kappa shape index (κ3) is 2.04. The Morgan fingerprint density at radius 3 is 1.95 bits per heavy atom. The maximum atomic E-state index is 2.26. The van der Waals surface area contributed by atoms with Gasteiger partial charge in [0.05, 0.1) is 4.58 Å². The molecule has 0 fully saturated rings. The first-order valence-corrected chi connectivity index (χ1v) is 8.49. The monoisotopic (exact) mass is 294 g/mol. The van der Waals surface area contributed by atoms with Gasteiger partial charge in [-0.1, -0.05) is 54.1 Å². The van der Waals surface area contributed by atoms with Crippen molar-refractivity contribution in [2.24, 2.45) is 0 Å². The SMILES string of the molecule is Cc1ccc(C2Sc3cccc4cccc(c34)S2)cc1. The topological polar surface area (TPSA) is 0 Å². The van der Waals surface area contributed by atoms with Crippen LogP contribution in [0.3, 0.4) is 0 Å². The van der Waals surface area contributed by atoms with E-state index in [1.54, 1.807) is 0 Å². The average Bonchev–Trinajstić information content (AvgIpc) is 2.48. The Hall–Kier alpha value is -1.38. The van der Waals surface area contributed by atoms with E-state index >= 15 is 0 Å². The van der Waals surface area contributed by atoms with Crippen LogP contribution in [0.5, 0.6) is 0 Å². The van der Waals surface area contributed by atoms with Gasteiger partial charge in [-0.05, 0) is 30.0 Å². The molecule has 0 atom stereocenters. The normalized spacial score (nSPS) is 14.7. The van der Waals surface area contributed by atoms with Crippen LogP contribution in [0.1, 0.15) is 15.7 Å². The molecule has 1 aliphatic heterocycles. The van der Waals surface area contributed by atoms with Crippen molar-refractivity contribution >= 4 is 34.3 Å². The maximum absolute atomic E-state index is 2.26. The van der Waals surface area contributed by atoms with E-state index in [-0.39, 0.29) is 0 Å². The molecular formula is C18H14S2. The van der Waals surface area contributed by atoms with Gasteiger partial charge in [0.2, 0.25) is 0 Å². The van der Waals surface area contributed by atoms with Crippen molar-refractivity contribution < 1.29 is 0 Å². The summed E-state index contributed by atoms with van der Waals surface area (Å²) in [5.74, 6) is 0. The van der Waals surface area contributed by atoms with E-state index < -0.39 is 0 Å². The second kappa shape index (κ2) is 4.87. The predicted molar refractivity (Wildman–Crippen MR) is 89.6 cm³/mol. The molecule has 0 aliphatic carbocycles. The first-order chi connectivity index (χ1) is 9.81. The molecule has 0 aromatic heterocycles. The Morgan fingerprint density at radius 2 is 1.35 bits per heavy atom. The van der Waals surface area contributed by atoms with Crippen LogP contribution in [0, 0.1) is 6.92 Å². The van der Waals surface area contributed by atoms with E-state index in [1.165, 1.54) is 31.7 Å². The lowest BCUT2D eigenvalue weighted by Gasteiger charge is -2.24. The molecule has 0 nitrogen and oxygen atoms in total. The Labute approximate surface area is 127 Å². The number of thioether (sulfide) groups is 2. The van der Waals surface area contributed by atoms with Gasteiger partial charge in [0, 0.05) is 15.2 Å². The van der Waals surface area contributed by atoms with Crippen molar-refractivity contribution in [2.75, 3.05) is 0 Å². The maximum Gasteiger partial charge on any atom is 0.0846 e. The first kappa shape index (κ1) is 12.4. The van der Waals surface area contributed by atoms with Crippen molar-refractivity contribution in [3.63, 3.8) is 0 Å². The van der Waals surface area contributed by atoms with Gasteiger partial charge in [-0.15, -0.1) is 23.5 Å². The Bertz CT molecular complexity index is 734. The predicted octanol–water partition coefficient (Wildman–Crippen LogP) is 6.04. The molecule has 1 heterocycles. The number of hydrogen-bond donors (Lipinski definition) is 0. The van der Waals surface area contributed by atoms with E-state index in [1.807, 2.05) is 23.5 Å². The molecule has 0 saturated carbocycles. The van der Waals surface area contributed by atoms with Gasteiger partial charge in [0.25, 0.3) is 0 Å². The first-order valence-electron chi connectivity index (χ1n) is 6.73. The molecule has 1 aliphatic rings. The third-order valence-electron chi connectivity index (χ3n) is 3.65. The van der Waals surface area contributed by atoms with E-state index in [4.69, 9.17) is 0 Å². The molecule has 3 aromatic carbocycles. The van der Waals surface area contributed by atoms with Crippen LogP contribution in [0.15, 0.2) is 70.5 Å². The summed E-state index contributed by atoms with van der Waals surface area (Å²) in [5.41, 5.74) is 2.72. The molecule has 0 N–H and O–H groups in total. The van der Waals surface area contributed by atoms with Crippen molar-refractivity contribution in [3.05, 3.63) is 71.8 Å². The Kier molecular flexibility index (Phi) is 3.01. The van der Waals surface area contributed by atoms with Crippen LogP contribution in [0.4, 0.5) is 0 Å². The summed E-state index contributed by atoms with van der Waals surface area (Å²) >= 11 is 3.94. The molecule has 2 heteroatoms. The second-order valence-corrected chi connectivity index (χ2v) is 7.68. The molecule has 0 spiro atoms. The summed E-state index contributed by atoms with van der Waals surface area (Å²) < 4.78 is 0.455. The highest BCUT2D eigenvalue weighted by molar-refractivity contribution is 8.17. The summed E-state index contributed by atoms with van der Waals surface area (Å²) in [5, 5.41) is 2.77. The second-order valence-electron chi connectivity index (χ2n) is 5.09. The van der Waals surface area contributed by atoms with Gasteiger partial charge < -0.3 is 0 Å². The van der Waals surface area contributed by atoms with Crippen LogP contribution >= 0.6 is 23.5 Å². The molecular weight excluding hydrogens is 280 g/mol. The molecule has 98 valence electrons. The molecule has 0 amide bonds. The zero-order valence-electron chi connectivity index (χ0n) is 11.2. The van der Waals surface area contributed by atoms with Crippen LogP contribution < -0.4 is 0 Å². The largest absolute Gasteiger partial charge is 0.106 e. The van der Waals surface area contributed by atoms with Crippen LogP contribution in [-0.2, 0) is 0 Å². The molecule has 20 heavy (non-hydrogen) atoms. The minimum atomic E-state index is 0.455. The fraction of sp³-hybridized carbons (Fsp3) is 0.111. The standard InChI is InChI=1S/C18H14S2/c1-12-8-10-14(11-9-12)18-19-15-6-2-4-13-5-3-7-16(20-18)17(13)15/h2-11,18H,1H3. The van der Waals surface area contributed by atoms with Crippen molar-refractivity contribution in [1.29, 1.82) is 0 Å². The molecule has 3 aromatic rings. The lowest BCUT2D eigenvalue weighted by molar-refractivity contribution is 1.30. The summed E-state index contributed by atoms with van der Waals surface area (Å²) in [6.45, 7) is 2.14. The van der Waals surface area contributed by atoms with E-state index in [2.05, 4.69) is 67.6 Å². The quantitative estimate of drug-likeness (QED) is 0.536. The summed E-state index contributed by atoms with van der Waals surface area (Å²) in [4.78, 5) is 2.81. The van der Waals surface area contributed by atoms with Gasteiger partial charge in [-0.3, -0.25) is 0 Å². The van der Waals surface area contributed by atoms with Gasteiger partial charge in [0.1, 0.15) is 0 Å². The fourth-order valence-electron chi connectivity index (χ4n) is 2.58. The summed E-state index contributed by atoms with van der Waals surface area (Å²) in [7, 11) is 0. The summed E-state index contributed by atoms with van der Waals surface area (Å²) in [6.07, 6.45) is 0. The highest BCUT2D eigenvalue weighted by atomic mass is 32.2. The molecule has 0 saturated heterocycles. The van der Waals surface area contributed by atoms with E-state index in [0.717, 1.165) is 0 Å². The van der Waals surface area contributed by atoms with Gasteiger partial charge >= 0.3 is 0 Å². The van der Waals surface area contributed by atoms with Crippen molar-refractivity contribution in [3.8, 4) is 0 Å². The number of rotatable bonds is 1. The molecule has 0 radical (unpaired) electrons. The van der Waals surface area contributed by atoms with Crippen molar-refractivity contribution in [2.45, 2.75) is 21.3 Å².